The molecule has 0 saturated carbocycles. The summed E-state index contributed by atoms with van der Waals surface area (Å²) >= 11 is -0.0885. The van der Waals surface area contributed by atoms with Crippen LogP contribution in [0.5, 0.6) is 0 Å². The Morgan fingerprint density at radius 1 is 1.40 bits per heavy atom. The summed E-state index contributed by atoms with van der Waals surface area (Å²) in [6.45, 7) is 2.01. The molecule has 1 fully saturated rings. The summed E-state index contributed by atoms with van der Waals surface area (Å²) in [5.41, 5.74) is 2.38. The first kappa shape index (κ1) is 13.7. The SMILES string of the molecule is O=C(COC1CCNCC1)Nc1cccc2n[se]nc12. The molecule has 1 aliphatic rings. The van der Waals surface area contributed by atoms with Gasteiger partial charge in [0.15, 0.2) is 0 Å². The first-order chi connectivity index (χ1) is 9.83. The minimum absolute atomic E-state index is 0.0885. The average molecular weight is 339 g/mol. The molecule has 1 aliphatic heterocycles. The Bertz CT molecular complexity index is 595. The van der Waals surface area contributed by atoms with Gasteiger partial charge in [0, 0.05) is 0 Å². The predicted octanol–water partition coefficient (Wildman–Crippen LogP) is 0.394. The van der Waals surface area contributed by atoms with Crippen LogP contribution in [-0.2, 0) is 9.53 Å². The molecule has 20 heavy (non-hydrogen) atoms. The van der Waals surface area contributed by atoms with Crippen molar-refractivity contribution in [1.29, 1.82) is 0 Å². The van der Waals surface area contributed by atoms with E-state index in [-0.39, 0.29) is 33.6 Å². The van der Waals surface area contributed by atoms with E-state index in [1.807, 2.05) is 18.2 Å². The van der Waals surface area contributed by atoms with Gasteiger partial charge < -0.3 is 0 Å². The number of hydrogen-bond acceptors (Lipinski definition) is 5. The summed E-state index contributed by atoms with van der Waals surface area (Å²) < 4.78 is 14.3. The standard InChI is InChI=1S/C13H16N4O2Se/c18-12(8-19-9-4-6-14-7-5-9)15-10-2-1-3-11-13(10)17-20-16-11/h1-3,9,14H,4-8H2,(H,15,18). The van der Waals surface area contributed by atoms with E-state index in [2.05, 4.69) is 18.6 Å². The number of ether oxygens (including phenoxy) is 1. The van der Waals surface area contributed by atoms with E-state index >= 15 is 0 Å². The zero-order valence-corrected chi connectivity index (χ0v) is 12.7. The van der Waals surface area contributed by atoms with Crippen molar-refractivity contribution in [2.24, 2.45) is 0 Å². The van der Waals surface area contributed by atoms with Gasteiger partial charge in [0.25, 0.3) is 0 Å². The van der Waals surface area contributed by atoms with Crippen LogP contribution in [-0.4, -0.2) is 54.6 Å². The van der Waals surface area contributed by atoms with Crippen LogP contribution in [0, 0.1) is 0 Å². The Morgan fingerprint density at radius 3 is 3.10 bits per heavy atom. The van der Waals surface area contributed by atoms with E-state index in [9.17, 15) is 4.79 Å². The van der Waals surface area contributed by atoms with Gasteiger partial charge in [-0.25, -0.2) is 0 Å². The van der Waals surface area contributed by atoms with Gasteiger partial charge in [-0.1, -0.05) is 0 Å². The number of aromatic nitrogens is 2. The quantitative estimate of drug-likeness (QED) is 0.789. The molecule has 0 radical (unpaired) electrons. The van der Waals surface area contributed by atoms with E-state index in [1.165, 1.54) is 0 Å². The minimum atomic E-state index is -0.133. The van der Waals surface area contributed by atoms with E-state index in [4.69, 9.17) is 4.74 Å². The molecular weight excluding hydrogens is 323 g/mol. The molecule has 0 spiro atoms. The number of nitrogens with one attached hydrogen (secondary N) is 2. The van der Waals surface area contributed by atoms with Gasteiger partial charge in [0.05, 0.1) is 0 Å². The Labute approximate surface area is 123 Å². The monoisotopic (exact) mass is 340 g/mol. The fraction of sp³-hybridized carbons (Fsp3) is 0.462. The Kier molecular flexibility index (Phi) is 4.42. The summed E-state index contributed by atoms with van der Waals surface area (Å²) in [4.78, 5) is 11.9. The number of benzene rings is 1. The molecule has 2 N–H and O–H groups in total. The second kappa shape index (κ2) is 6.45. The molecule has 7 heteroatoms. The molecule has 106 valence electrons. The maximum absolute atomic E-state index is 11.9. The van der Waals surface area contributed by atoms with Crippen molar-refractivity contribution in [3.05, 3.63) is 18.2 Å². The molecule has 0 unspecified atom stereocenters. The molecule has 1 aromatic heterocycles. The Hall–Kier alpha value is -1.27. The summed E-state index contributed by atoms with van der Waals surface area (Å²) in [5.74, 6) is -0.133. The molecule has 2 aromatic rings. The molecule has 6 nitrogen and oxygen atoms in total. The Balaban J connectivity index is 1.57. The van der Waals surface area contributed by atoms with Crippen LogP contribution >= 0.6 is 0 Å². The molecule has 0 atom stereocenters. The fourth-order valence-electron chi connectivity index (χ4n) is 2.25. The molecule has 2 heterocycles. The van der Waals surface area contributed by atoms with Crippen molar-refractivity contribution in [3.8, 4) is 0 Å². The average Bonchev–Trinajstić information content (AvgIpc) is 2.96. The summed E-state index contributed by atoms with van der Waals surface area (Å²) in [6.07, 6.45) is 2.11. The molecular formula is C13H16N4O2Se. The molecule has 1 amide bonds. The molecule has 0 bridgehead atoms. The second-order valence-corrected chi connectivity index (χ2v) is 5.85. The Morgan fingerprint density at radius 2 is 2.25 bits per heavy atom. The molecule has 3 rings (SSSR count). The predicted molar refractivity (Wildman–Crippen MR) is 77.0 cm³/mol. The second-order valence-electron chi connectivity index (χ2n) is 4.75. The number of amides is 1. The van der Waals surface area contributed by atoms with Crippen molar-refractivity contribution in [1.82, 2.24) is 13.3 Å². The zero-order valence-electron chi connectivity index (χ0n) is 11.0. The molecule has 1 saturated heterocycles. The first-order valence-corrected chi connectivity index (χ1v) is 8.19. The van der Waals surface area contributed by atoms with Gasteiger partial charge >= 0.3 is 123 Å². The van der Waals surface area contributed by atoms with Crippen molar-refractivity contribution in [2.45, 2.75) is 18.9 Å². The number of carbonyl (C=O) groups is 1. The van der Waals surface area contributed by atoms with Gasteiger partial charge in [0.1, 0.15) is 0 Å². The van der Waals surface area contributed by atoms with Gasteiger partial charge in [0.2, 0.25) is 0 Å². The number of rotatable bonds is 4. The maximum atomic E-state index is 11.9. The number of anilines is 1. The van der Waals surface area contributed by atoms with Crippen LogP contribution in [0.25, 0.3) is 11.0 Å². The van der Waals surface area contributed by atoms with E-state index < -0.39 is 0 Å². The number of hydrogen-bond donors (Lipinski definition) is 2. The molecule has 1 aromatic carbocycles. The van der Waals surface area contributed by atoms with Crippen LogP contribution < -0.4 is 10.6 Å². The van der Waals surface area contributed by atoms with Gasteiger partial charge in [-0.05, 0) is 0 Å². The van der Waals surface area contributed by atoms with Crippen LogP contribution in [0.1, 0.15) is 12.8 Å². The van der Waals surface area contributed by atoms with Crippen molar-refractivity contribution in [3.63, 3.8) is 0 Å². The first-order valence-electron chi connectivity index (χ1n) is 6.66. The summed E-state index contributed by atoms with van der Waals surface area (Å²) in [5, 5.41) is 6.13. The van der Waals surface area contributed by atoms with Crippen molar-refractivity contribution >= 4 is 37.6 Å². The third kappa shape index (κ3) is 3.24. The third-order valence-corrected chi connectivity index (χ3v) is 4.43. The number of nitrogens with zero attached hydrogens (tertiary/aromatic N) is 2. The summed E-state index contributed by atoms with van der Waals surface area (Å²) in [6, 6.07) is 5.64. The normalized spacial score (nSPS) is 16.4. The molecule has 0 aliphatic carbocycles. The van der Waals surface area contributed by atoms with E-state index in [1.54, 1.807) is 0 Å². The van der Waals surface area contributed by atoms with E-state index in [0.717, 1.165) is 42.7 Å². The topological polar surface area (TPSA) is 76.1 Å². The number of fused-ring (bicyclic) bond motifs is 1. The summed E-state index contributed by atoms with van der Waals surface area (Å²) in [7, 11) is 0. The van der Waals surface area contributed by atoms with Crippen LogP contribution in [0.4, 0.5) is 5.69 Å². The van der Waals surface area contributed by atoms with Crippen molar-refractivity contribution in [2.75, 3.05) is 25.0 Å². The number of piperidine rings is 1. The fourth-order valence-corrected chi connectivity index (χ4v) is 3.40. The van der Waals surface area contributed by atoms with Crippen LogP contribution in [0.3, 0.4) is 0 Å². The van der Waals surface area contributed by atoms with Gasteiger partial charge in [-0.2, -0.15) is 0 Å². The van der Waals surface area contributed by atoms with Gasteiger partial charge in [-0.3, -0.25) is 0 Å². The van der Waals surface area contributed by atoms with Crippen LogP contribution in [0.2, 0.25) is 0 Å². The van der Waals surface area contributed by atoms with Crippen molar-refractivity contribution < 1.29 is 9.53 Å². The third-order valence-electron chi connectivity index (χ3n) is 3.30. The zero-order chi connectivity index (χ0) is 13.8. The number of carbonyl (C=O) groups excluding carboxylic acids is 1. The van der Waals surface area contributed by atoms with Crippen LogP contribution in [0.15, 0.2) is 18.2 Å². The van der Waals surface area contributed by atoms with Gasteiger partial charge in [-0.15, -0.1) is 0 Å². The van der Waals surface area contributed by atoms with E-state index in [0.29, 0.717) is 0 Å².